The van der Waals surface area contributed by atoms with Crippen molar-refractivity contribution in [1.82, 2.24) is 0 Å². The maximum Gasteiger partial charge on any atom is 0.306 e. The van der Waals surface area contributed by atoms with E-state index in [1.54, 1.807) is 0 Å². The van der Waals surface area contributed by atoms with Gasteiger partial charge in [0.15, 0.2) is 0 Å². The van der Waals surface area contributed by atoms with Gasteiger partial charge in [-0.3, -0.25) is 4.79 Å². The lowest BCUT2D eigenvalue weighted by molar-refractivity contribution is -0.207. The number of carbonyl (C=O) groups excluding carboxylic acids is 1. The zero-order valence-corrected chi connectivity index (χ0v) is 21.7. The van der Waals surface area contributed by atoms with E-state index in [2.05, 4.69) is 20.8 Å². The Hall–Kier alpha value is -0.650. The molecule has 0 aromatic rings. The lowest BCUT2D eigenvalue weighted by atomic mass is 9.43. The normalized spacial score (nSPS) is 48.4. The molecule has 0 aromatic heterocycles. The molecule has 0 radical (unpaired) electrons. The second-order valence-electron chi connectivity index (χ2n) is 13.6. The molecule has 3 N–H and O–H groups in total. The lowest BCUT2D eigenvalue weighted by Gasteiger charge is -2.63. The largest absolute Gasteiger partial charge is 0.460 e. The van der Waals surface area contributed by atoms with Gasteiger partial charge in [-0.05, 0) is 118 Å². The van der Waals surface area contributed by atoms with Crippen molar-refractivity contribution in [3.8, 4) is 0 Å². The predicted octanol–water partition coefficient (Wildman–Crippen LogP) is 4.71. The second-order valence-corrected chi connectivity index (χ2v) is 13.6. The van der Waals surface area contributed by atoms with Gasteiger partial charge in [-0.2, -0.15) is 0 Å². The van der Waals surface area contributed by atoms with Gasteiger partial charge in [0.25, 0.3) is 0 Å². The first-order chi connectivity index (χ1) is 15.3. The van der Waals surface area contributed by atoms with Crippen molar-refractivity contribution in [2.75, 3.05) is 0 Å². The molecule has 4 aliphatic carbocycles. The van der Waals surface area contributed by atoms with Crippen LogP contribution in [0.4, 0.5) is 0 Å². The highest BCUT2D eigenvalue weighted by Crippen LogP contribution is 2.68. The van der Waals surface area contributed by atoms with Crippen LogP contribution in [0.5, 0.6) is 0 Å². The standard InChI is InChI=1S/C28H48O5/c1-16(7-10-24(32)33-26(2,3)4)19-8-9-20-25-21(15-23(31)28(19,20)6)27(5)12-11-18(29)13-17(27)14-22(25)30/h16-23,25,29-31H,7-15H2,1-6H3/t16?,17-,18?,19?,20?,21?,22?,23?,25?,27?,28?/m1/s1. The summed E-state index contributed by atoms with van der Waals surface area (Å²) < 4.78 is 5.52. The predicted molar refractivity (Wildman–Crippen MR) is 128 cm³/mol. The van der Waals surface area contributed by atoms with Gasteiger partial charge >= 0.3 is 5.97 Å². The maximum absolute atomic E-state index is 12.3. The van der Waals surface area contributed by atoms with E-state index in [9.17, 15) is 20.1 Å². The Morgan fingerprint density at radius 2 is 1.73 bits per heavy atom. The van der Waals surface area contributed by atoms with Gasteiger partial charge in [-0.15, -0.1) is 0 Å². The fourth-order valence-corrected chi connectivity index (χ4v) is 9.07. The summed E-state index contributed by atoms with van der Waals surface area (Å²) in [6.45, 7) is 12.6. The molecule has 5 heteroatoms. The van der Waals surface area contributed by atoms with Gasteiger partial charge in [-0.25, -0.2) is 0 Å². The number of hydrogen-bond acceptors (Lipinski definition) is 5. The van der Waals surface area contributed by atoms with Crippen LogP contribution in [0.2, 0.25) is 0 Å². The van der Waals surface area contributed by atoms with Crippen molar-refractivity contribution in [1.29, 1.82) is 0 Å². The van der Waals surface area contributed by atoms with E-state index < -0.39 is 5.60 Å². The van der Waals surface area contributed by atoms with Crippen molar-refractivity contribution in [2.45, 2.75) is 123 Å². The van der Waals surface area contributed by atoms with Crippen molar-refractivity contribution >= 4 is 5.97 Å². The second kappa shape index (κ2) is 8.78. The van der Waals surface area contributed by atoms with E-state index in [0.717, 1.165) is 51.4 Å². The number of fused-ring (bicyclic) bond motifs is 5. The zero-order chi connectivity index (χ0) is 24.3. The molecule has 11 atom stereocenters. The van der Waals surface area contributed by atoms with Crippen LogP contribution < -0.4 is 0 Å². The van der Waals surface area contributed by atoms with E-state index in [-0.39, 0.29) is 41.0 Å². The number of hydrogen-bond donors (Lipinski definition) is 3. The summed E-state index contributed by atoms with van der Waals surface area (Å²) >= 11 is 0. The van der Waals surface area contributed by atoms with Crippen molar-refractivity contribution in [3.63, 3.8) is 0 Å². The topological polar surface area (TPSA) is 87.0 Å². The number of aliphatic hydroxyl groups excluding tert-OH is 3. The Morgan fingerprint density at radius 1 is 1.03 bits per heavy atom. The first kappa shape index (κ1) is 25.4. The first-order valence-corrected chi connectivity index (χ1v) is 13.5. The maximum atomic E-state index is 12.3. The summed E-state index contributed by atoms with van der Waals surface area (Å²) in [5, 5.41) is 33.3. The van der Waals surface area contributed by atoms with Gasteiger partial charge in [0.2, 0.25) is 0 Å². The summed E-state index contributed by atoms with van der Waals surface area (Å²) in [6.07, 6.45) is 6.52. The van der Waals surface area contributed by atoms with Crippen LogP contribution in [0.25, 0.3) is 0 Å². The van der Waals surface area contributed by atoms with Crippen LogP contribution in [0, 0.1) is 46.3 Å². The van der Waals surface area contributed by atoms with E-state index in [0.29, 0.717) is 36.0 Å². The average Bonchev–Trinajstić information content (AvgIpc) is 3.06. The van der Waals surface area contributed by atoms with Crippen molar-refractivity contribution in [2.24, 2.45) is 46.3 Å². The molecular weight excluding hydrogens is 416 g/mol. The fraction of sp³-hybridized carbons (Fsp3) is 0.964. The van der Waals surface area contributed by atoms with Gasteiger partial charge in [0.05, 0.1) is 18.3 Å². The minimum absolute atomic E-state index is 0.103. The van der Waals surface area contributed by atoms with Gasteiger partial charge in [-0.1, -0.05) is 20.8 Å². The minimum atomic E-state index is -0.459. The quantitative estimate of drug-likeness (QED) is 0.525. The Bertz CT molecular complexity index is 730. The third-order valence-electron chi connectivity index (χ3n) is 10.7. The molecule has 4 aliphatic rings. The number of ether oxygens (including phenoxy) is 1. The third-order valence-corrected chi connectivity index (χ3v) is 10.7. The molecule has 190 valence electrons. The highest BCUT2D eigenvalue weighted by Gasteiger charge is 2.65. The number of esters is 1. The first-order valence-electron chi connectivity index (χ1n) is 13.5. The van der Waals surface area contributed by atoms with Crippen LogP contribution in [0.3, 0.4) is 0 Å². The van der Waals surface area contributed by atoms with E-state index >= 15 is 0 Å². The molecule has 0 bridgehead atoms. The summed E-state index contributed by atoms with van der Waals surface area (Å²) in [5.74, 6) is 1.76. The number of carbonyl (C=O) groups is 1. The van der Waals surface area contributed by atoms with Crippen molar-refractivity contribution < 1.29 is 24.9 Å². The van der Waals surface area contributed by atoms with Crippen LogP contribution in [0.15, 0.2) is 0 Å². The average molecular weight is 465 g/mol. The van der Waals surface area contributed by atoms with Crippen LogP contribution in [0.1, 0.15) is 99.3 Å². The van der Waals surface area contributed by atoms with Gasteiger partial charge in [0.1, 0.15) is 5.60 Å². The van der Waals surface area contributed by atoms with Crippen molar-refractivity contribution in [3.05, 3.63) is 0 Å². The summed E-state index contributed by atoms with van der Waals surface area (Å²) in [6, 6.07) is 0. The van der Waals surface area contributed by atoms with Crippen LogP contribution in [-0.2, 0) is 9.53 Å². The molecule has 5 nitrogen and oxygen atoms in total. The zero-order valence-electron chi connectivity index (χ0n) is 21.7. The fourth-order valence-electron chi connectivity index (χ4n) is 9.07. The molecule has 0 heterocycles. The molecule has 4 fully saturated rings. The Morgan fingerprint density at radius 3 is 2.39 bits per heavy atom. The Kier molecular flexibility index (Phi) is 6.77. The molecule has 4 rings (SSSR count). The van der Waals surface area contributed by atoms with Crippen LogP contribution in [-0.4, -0.2) is 45.2 Å². The van der Waals surface area contributed by atoms with E-state index in [1.807, 2.05) is 20.8 Å². The number of aliphatic hydroxyl groups is 3. The van der Waals surface area contributed by atoms with Gasteiger partial charge in [0, 0.05) is 6.42 Å². The molecule has 10 unspecified atom stereocenters. The monoisotopic (exact) mass is 464 g/mol. The molecule has 0 spiro atoms. The molecule has 33 heavy (non-hydrogen) atoms. The highest BCUT2D eigenvalue weighted by molar-refractivity contribution is 5.69. The van der Waals surface area contributed by atoms with Crippen LogP contribution >= 0.6 is 0 Å². The van der Waals surface area contributed by atoms with E-state index in [1.165, 1.54) is 0 Å². The summed E-state index contributed by atoms with van der Waals surface area (Å²) in [7, 11) is 0. The highest BCUT2D eigenvalue weighted by atomic mass is 16.6. The molecule has 0 amide bonds. The Balaban J connectivity index is 1.50. The molecule has 4 saturated carbocycles. The van der Waals surface area contributed by atoms with E-state index in [4.69, 9.17) is 4.74 Å². The molecule has 0 saturated heterocycles. The molecule has 0 aliphatic heterocycles. The third kappa shape index (κ3) is 4.40. The minimum Gasteiger partial charge on any atom is -0.460 e. The van der Waals surface area contributed by atoms with Gasteiger partial charge < -0.3 is 20.1 Å². The Labute approximate surface area is 200 Å². The molecular formula is C28H48O5. The molecule has 0 aromatic carbocycles. The summed E-state index contributed by atoms with van der Waals surface area (Å²) in [5.41, 5.74) is -0.571. The number of rotatable bonds is 4. The smallest absolute Gasteiger partial charge is 0.306 e. The summed E-state index contributed by atoms with van der Waals surface area (Å²) in [4.78, 5) is 12.3. The SMILES string of the molecule is CC(CCC(=O)OC(C)(C)C)C1CCC2C3C(O)C[C@H]4CC(O)CCC4(C)C3CC(O)C12C. The lowest BCUT2D eigenvalue weighted by Crippen LogP contribution is -2.62.